The topological polar surface area (TPSA) is 92.8 Å². The van der Waals surface area contributed by atoms with Crippen molar-refractivity contribution in [1.82, 2.24) is 9.62 Å². The van der Waals surface area contributed by atoms with Crippen LogP contribution in [-0.2, 0) is 26.0 Å². The number of hydrogen-bond donors (Lipinski definition) is 1. The smallest absolute Gasteiger partial charge is 0.338 e. The Hall–Kier alpha value is -2.71. The number of carbonyl (C=O) groups excluding carboxylic acids is 2. The highest BCUT2D eigenvalue weighted by Gasteiger charge is 2.30. The average molecular weight is 445 g/mol. The van der Waals surface area contributed by atoms with Gasteiger partial charge < -0.3 is 10.1 Å². The number of piperidine rings is 1. The molecule has 0 radical (unpaired) electrons. The maximum atomic E-state index is 12.9. The van der Waals surface area contributed by atoms with E-state index in [1.54, 1.807) is 6.92 Å². The molecule has 1 amide bonds. The van der Waals surface area contributed by atoms with Crippen LogP contribution in [0, 0.1) is 0 Å². The van der Waals surface area contributed by atoms with E-state index >= 15 is 0 Å². The van der Waals surface area contributed by atoms with Crippen molar-refractivity contribution in [3.63, 3.8) is 0 Å². The molecule has 1 aliphatic rings. The summed E-state index contributed by atoms with van der Waals surface area (Å²) >= 11 is 0. The zero-order valence-corrected chi connectivity index (χ0v) is 18.4. The Bertz CT molecular complexity index is 982. The van der Waals surface area contributed by atoms with Gasteiger partial charge in [0.25, 0.3) is 0 Å². The van der Waals surface area contributed by atoms with Crippen LogP contribution in [0.3, 0.4) is 0 Å². The van der Waals surface area contributed by atoms with Crippen LogP contribution < -0.4 is 5.32 Å². The third-order valence-corrected chi connectivity index (χ3v) is 7.22. The van der Waals surface area contributed by atoms with Crippen LogP contribution in [0.5, 0.6) is 0 Å². The lowest BCUT2D eigenvalue weighted by atomic mass is 10.1. The Morgan fingerprint density at radius 1 is 1.03 bits per heavy atom. The van der Waals surface area contributed by atoms with Crippen molar-refractivity contribution in [2.24, 2.45) is 0 Å². The van der Waals surface area contributed by atoms with E-state index in [1.807, 2.05) is 30.3 Å². The molecule has 0 atom stereocenters. The van der Waals surface area contributed by atoms with E-state index in [4.69, 9.17) is 4.74 Å². The molecule has 1 aliphatic heterocycles. The summed E-state index contributed by atoms with van der Waals surface area (Å²) in [7, 11) is -3.65. The first-order valence-electron chi connectivity index (χ1n) is 10.5. The predicted octanol–water partition coefficient (Wildman–Crippen LogP) is 2.77. The molecule has 0 aliphatic carbocycles. The molecular formula is C23H28N2O5S. The molecule has 1 saturated heterocycles. The van der Waals surface area contributed by atoms with Crippen molar-refractivity contribution >= 4 is 21.9 Å². The van der Waals surface area contributed by atoms with E-state index in [2.05, 4.69) is 5.32 Å². The minimum absolute atomic E-state index is 0.0142. The van der Waals surface area contributed by atoms with Gasteiger partial charge in [0.1, 0.15) is 0 Å². The fourth-order valence-corrected chi connectivity index (χ4v) is 5.04. The van der Waals surface area contributed by atoms with Crippen LogP contribution in [0.4, 0.5) is 0 Å². The van der Waals surface area contributed by atoms with Crippen molar-refractivity contribution in [3.8, 4) is 0 Å². The van der Waals surface area contributed by atoms with Crippen LogP contribution in [0.15, 0.2) is 59.5 Å². The SMILES string of the molecule is CCOC(=O)c1ccc(S(=O)(=O)N2CCC(NC(=O)CCc3ccccc3)CC2)cc1. The minimum atomic E-state index is -3.65. The van der Waals surface area contributed by atoms with Crippen molar-refractivity contribution in [1.29, 1.82) is 0 Å². The molecule has 8 heteroatoms. The van der Waals surface area contributed by atoms with Gasteiger partial charge >= 0.3 is 5.97 Å². The van der Waals surface area contributed by atoms with Gasteiger partial charge in [0.2, 0.25) is 15.9 Å². The number of ether oxygens (including phenoxy) is 1. The lowest BCUT2D eigenvalue weighted by Crippen LogP contribution is -2.46. The third-order valence-electron chi connectivity index (χ3n) is 5.31. The number of nitrogens with zero attached hydrogens (tertiary/aromatic N) is 1. The molecule has 7 nitrogen and oxygen atoms in total. The van der Waals surface area contributed by atoms with Crippen LogP contribution in [0.25, 0.3) is 0 Å². The van der Waals surface area contributed by atoms with Crippen molar-refractivity contribution in [3.05, 3.63) is 65.7 Å². The molecular weight excluding hydrogens is 416 g/mol. The van der Waals surface area contributed by atoms with Crippen LogP contribution in [0.2, 0.25) is 0 Å². The van der Waals surface area contributed by atoms with Crippen LogP contribution in [0.1, 0.15) is 42.1 Å². The molecule has 0 unspecified atom stereocenters. The normalized spacial score (nSPS) is 15.4. The molecule has 2 aromatic rings. The fraction of sp³-hybridized carbons (Fsp3) is 0.391. The second-order valence-corrected chi connectivity index (χ2v) is 9.41. The monoisotopic (exact) mass is 444 g/mol. The van der Waals surface area contributed by atoms with E-state index in [-0.39, 0.29) is 23.5 Å². The van der Waals surface area contributed by atoms with Gasteiger partial charge in [0.15, 0.2) is 0 Å². The quantitative estimate of drug-likeness (QED) is 0.632. The highest BCUT2D eigenvalue weighted by Crippen LogP contribution is 2.21. The maximum absolute atomic E-state index is 12.9. The summed E-state index contributed by atoms with van der Waals surface area (Å²) in [5.74, 6) is -0.491. The van der Waals surface area contributed by atoms with E-state index in [1.165, 1.54) is 28.6 Å². The van der Waals surface area contributed by atoms with Gasteiger partial charge in [-0.05, 0) is 56.0 Å². The molecule has 3 rings (SSSR count). The highest BCUT2D eigenvalue weighted by molar-refractivity contribution is 7.89. The summed E-state index contributed by atoms with van der Waals surface area (Å²) in [5, 5.41) is 3.02. The van der Waals surface area contributed by atoms with Crippen molar-refractivity contribution in [2.45, 2.75) is 43.5 Å². The highest BCUT2D eigenvalue weighted by atomic mass is 32.2. The summed E-state index contributed by atoms with van der Waals surface area (Å²) in [6.07, 6.45) is 2.23. The van der Waals surface area contributed by atoms with Gasteiger partial charge in [0.05, 0.1) is 17.1 Å². The number of carbonyl (C=O) groups is 2. The molecule has 2 aromatic carbocycles. The number of amides is 1. The maximum Gasteiger partial charge on any atom is 0.338 e. The summed E-state index contributed by atoms with van der Waals surface area (Å²) in [6.45, 7) is 2.65. The Labute approximate surface area is 183 Å². The van der Waals surface area contributed by atoms with Crippen molar-refractivity contribution in [2.75, 3.05) is 19.7 Å². The number of hydrogen-bond acceptors (Lipinski definition) is 5. The third kappa shape index (κ3) is 6.15. The molecule has 1 fully saturated rings. The molecule has 0 bridgehead atoms. The molecule has 1 heterocycles. The summed E-state index contributed by atoms with van der Waals surface area (Å²) in [5.41, 5.74) is 1.44. The fourth-order valence-electron chi connectivity index (χ4n) is 3.57. The van der Waals surface area contributed by atoms with Crippen molar-refractivity contribution < 1.29 is 22.7 Å². The standard InChI is InChI=1S/C23H28N2O5S/c1-2-30-23(27)19-9-11-21(12-10-19)31(28,29)25-16-14-20(15-17-25)24-22(26)13-8-18-6-4-3-5-7-18/h3-7,9-12,20H,2,8,13-17H2,1H3,(H,24,26). The predicted molar refractivity (Wildman–Crippen MR) is 117 cm³/mol. The van der Waals surface area contributed by atoms with E-state index < -0.39 is 16.0 Å². The van der Waals surface area contributed by atoms with Gasteiger partial charge in [-0.3, -0.25) is 4.79 Å². The van der Waals surface area contributed by atoms with Gasteiger partial charge in [-0.25, -0.2) is 13.2 Å². The van der Waals surface area contributed by atoms with Crippen LogP contribution in [-0.4, -0.2) is 50.3 Å². The molecule has 0 spiro atoms. The van der Waals surface area contributed by atoms with E-state index in [9.17, 15) is 18.0 Å². The van der Waals surface area contributed by atoms with Crippen LogP contribution >= 0.6 is 0 Å². The number of nitrogens with one attached hydrogen (secondary N) is 1. The Morgan fingerprint density at radius 3 is 2.29 bits per heavy atom. The lowest BCUT2D eigenvalue weighted by molar-refractivity contribution is -0.122. The van der Waals surface area contributed by atoms with Gasteiger partial charge in [0, 0.05) is 25.6 Å². The largest absolute Gasteiger partial charge is 0.462 e. The second kappa shape index (κ2) is 10.5. The second-order valence-electron chi connectivity index (χ2n) is 7.48. The minimum Gasteiger partial charge on any atom is -0.462 e. The number of rotatable bonds is 8. The molecule has 31 heavy (non-hydrogen) atoms. The van der Waals surface area contributed by atoms with Gasteiger partial charge in [-0.2, -0.15) is 4.31 Å². The lowest BCUT2D eigenvalue weighted by Gasteiger charge is -2.31. The Morgan fingerprint density at radius 2 is 1.68 bits per heavy atom. The van der Waals surface area contributed by atoms with E-state index in [0.717, 1.165) is 5.56 Å². The average Bonchev–Trinajstić information content (AvgIpc) is 2.79. The van der Waals surface area contributed by atoms with E-state index in [0.29, 0.717) is 44.3 Å². The number of aryl methyl sites for hydroxylation is 1. The number of sulfonamides is 1. The first-order chi connectivity index (χ1) is 14.9. The number of esters is 1. The Balaban J connectivity index is 1.50. The Kier molecular flexibility index (Phi) is 7.81. The first kappa shape index (κ1) is 23.0. The summed E-state index contributed by atoms with van der Waals surface area (Å²) in [4.78, 5) is 24.1. The zero-order valence-electron chi connectivity index (χ0n) is 17.6. The van der Waals surface area contributed by atoms with Gasteiger partial charge in [-0.15, -0.1) is 0 Å². The summed E-state index contributed by atoms with van der Waals surface area (Å²) in [6, 6.07) is 15.6. The van der Waals surface area contributed by atoms with Gasteiger partial charge in [-0.1, -0.05) is 30.3 Å². The first-order valence-corrected chi connectivity index (χ1v) is 11.9. The molecule has 0 aromatic heterocycles. The molecule has 166 valence electrons. The summed E-state index contributed by atoms with van der Waals surface area (Å²) < 4.78 is 32.2. The number of benzene rings is 2. The molecule has 1 N–H and O–H groups in total. The molecule has 0 saturated carbocycles. The zero-order chi connectivity index (χ0) is 22.3.